The van der Waals surface area contributed by atoms with E-state index in [1.54, 1.807) is 6.92 Å². The number of nitrogen functional groups attached to an aromatic ring is 1. The molecule has 0 amide bonds. The number of anilines is 1. The van der Waals surface area contributed by atoms with Gasteiger partial charge in [-0.05, 0) is 6.92 Å². The number of ether oxygens (including phenoxy) is 1. The number of nitrogens with two attached hydrogens (primary N) is 1. The van der Waals surface area contributed by atoms with Crippen molar-refractivity contribution in [2.75, 3.05) is 12.3 Å². The summed E-state index contributed by atoms with van der Waals surface area (Å²) in [5, 5.41) is 28.9. The van der Waals surface area contributed by atoms with Gasteiger partial charge < -0.3 is 25.8 Å². The average Bonchev–Trinajstić information content (AvgIpc) is 2.93. The van der Waals surface area contributed by atoms with Gasteiger partial charge in [0.2, 0.25) is 0 Å². The fourth-order valence-corrected chi connectivity index (χ4v) is 2.35. The number of nitrogens with zero attached hydrogens (tertiary/aromatic N) is 4. The number of aliphatic hydroxyl groups is 3. The second-order valence-corrected chi connectivity index (χ2v) is 4.71. The predicted octanol–water partition coefficient (Wildman–Crippen LogP) is -1.67. The molecule has 0 spiro atoms. The Morgan fingerprint density at radius 2 is 2.10 bits per heavy atom. The molecule has 0 saturated carbocycles. The molecule has 4 atom stereocenters. The molecular weight excluding hydrogens is 266 g/mol. The molecule has 4 unspecified atom stereocenters. The summed E-state index contributed by atoms with van der Waals surface area (Å²) in [6.07, 6.45) is -2.70. The summed E-state index contributed by atoms with van der Waals surface area (Å²) < 4.78 is 6.92. The quantitative estimate of drug-likeness (QED) is 0.512. The molecule has 0 radical (unpaired) electrons. The van der Waals surface area contributed by atoms with Crippen molar-refractivity contribution in [2.24, 2.45) is 0 Å². The van der Waals surface area contributed by atoms with Gasteiger partial charge in [0.25, 0.3) is 0 Å². The van der Waals surface area contributed by atoms with E-state index in [9.17, 15) is 10.2 Å². The van der Waals surface area contributed by atoms with Crippen LogP contribution in [0.25, 0.3) is 11.2 Å². The molecule has 3 heterocycles. The van der Waals surface area contributed by atoms with Crippen molar-refractivity contribution < 1.29 is 20.1 Å². The molecule has 20 heavy (non-hydrogen) atoms. The van der Waals surface area contributed by atoms with Crippen LogP contribution in [0.1, 0.15) is 12.1 Å². The summed E-state index contributed by atoms with van der Waals surface area (Å²) in [5.41, 5.74) is 6.57. The van der Waals surface area contributed by atoms with E-state index in [0.29, 0.717) is 17.0 Å². The van der Waals surface area contributed by atoms with Crippen molar-refractivity contribution in [3.05, 3.63) is 12.2 Å². The molecule has 1 saturated heterocycles. The van der Waals surface area contributed by atoms with Crippen LogP contribution in [0, 0.1) is 6.92 Å². The lowest BCUT2D eigenvalue weighted by atomic mass is 10.1. The zero-order chi connectivity index (χ0) is 14.4. The second kappa shape index (κ2) is 4.63. The van der Waals surface area contributed by atoms with E-state index >= 15 is 0 Å². The Hall–Kier alpha value is -1.81. The third-order valence-corrected chi connectivity index (χ3v) is 3.35. The SMILES string of the molecule is Cc1nc(N)c2ncn(C3OC(CO)C(O)C3O)c2n1. The van der Waals surface area contributed by atoms with Crippen molar-refractivity contribution in [3.63, 3.8) is 0 Å². The molecule has 1 aliphatic rings. The van der Waals surface area contributed by atoms with Gasteiger partial charge in [0.1, 0.15) is 29.7 Å². The van der Waals surface area contributed by atoms with Crippen molar-refractivity contribution in [1.29, 1.82) is 0 Å². The van der Waals surface area contributed by atoms with Crippen LogP contribution in [0.15, 0.2) is 6.33 Å². The van der Waals surface area contributed by atoms with Crippen LogP contribution in [0.3, 0.4) is 0 Å². The summed E-state index contributed by atoms with van der Waals surface area (Å²) in [6.45, 7) is 1.29. The monoisotopic (exact) mass is 281 g/mol. The van der Waals surface area contributed by atoms with Crippen molar-refractivity contribution in [2.45, 2.75) is 31.5 Å². The highest BCUT2D eigenvalue weighted by atomic mass is 16.6. The Labute approximate surface area is 113 Å². The third kappa shape index (κ3) is 1.83. The zero-order valence-corrected chi connectivity index (χ0v) is 10.7. The lowest BCUT2D eigenvalue weighted by molar-refractivity contribution is -0.0511. The van der Waals surface area contributed by atoms with Crippen LogP contribution in [0.5, 0.6) is 0 Å². The predicted molar refractivity (Wildman–Crippen MR) is 67.5 cm³/mol. The van der Waals surface area contributed by atoms with Gasteiger partial charge in [-0.25, -0.2) is 15.0 Å². The molecule has 0 aliphatic carbocycles. The maximum atomic E-state index is 10.0. The Morgan fingerprint density at radius 3 is 2.75 bits per heavy atom. The molecule has 1 aliphatic heterocycles. The molecular formula is C11H15N5O4. The maximum Gasteiger partial charge on any atom is 0.167 e. The highest BCUT2D eigenvalue weighted by molar-refractivity contribution is 5.81. The summed E-state index contributed by atoms with van der Waals surface area (Å²) >= 11 is 0. The number of aryl methyl sites for hydroxylation is 1. The Balaban J connectivity index is 2.07. The molecule has 108 valence electrons. The Kier molecular flexibility index (Phi) is 3.05. The van der Waals surface area contributed by atoms with Crippen LogP contribution in [0.2, 0.25) is 0 Å². The smallest absolute Gasteiger partial charge is 0.167 e. The van der Waals surface area contributed by atoms with Gasteiger partial charge in [-0.3, -0.25) is 4.57 Å². The van der Waals surface area contributed by atoms with E-state index in [4.69, 9.17) is 15.6 Å². The highest BCUT2D eigenvalue weighted by Gasteiger charge is 2.44. The lowest BCUT2D eigenvalue weighted by Crippen LogP contribution is -2.33. The number of fused-ring (bicyclic) bond motifs is 1. The topological polar surface area (TPSA) is 140 Å². The average molecular weight is 281 g/mol. The van der Waals surface area contributed by atoms with Crippen LogP contribution in [0.4, 0.5) is 5.82 Å². The normalized spacial score (nSPS) is 30.2. The molecule has 2 aromatic heterocycles. The van der Waals surface area contributed by atoms with E-state index in [1.165, 1.54) is 10.9 Å². The van der Waals surface area contributed by atoms with Crippen LogP contribution in [-0.4, -0.2) is 59.8 Å². The van der Waals surface area contributed by atoms with Crippen molar-refractivity contribution in [3.8, 4) is 0 Å². The Bertz CT molecular complexity index is 645. The fourth-order valence-electron chi connectivity index (χ4n) is 2.35. The van der Waals surface area contributed by atoms with Crippen molar-refractivity contribution in [1.82, 2.24) is 19.5 Å². The molecule has 3 rings (SSSR count). The van der Waals surface area contributed by atoms with Gasteiger partial charge in [0.05, 0.1) is 12.9 Å². The van der Waals surface area contributed by atoms with E-state index in [1.807, 2.05) is 0 Å². The summed E-state index contributed by atoms with van der Waals surface area (Å²) in [4.78, 5) is 12.3. The number of aromatic nitrogens is 4. The second-order valence-electron chi connectivity index (χ2n) is 4.71. The van der Waals surface area contributed by atoms with E-state index in [-0.39, 0.29) is 5.82 Å². The first kappa shape index (κ1) is 13.2. The first-order chi connectivity index (χ1) is 9.52. The minimum atomic E-state index is -1.19. The molecule has 5 N–H and O–H groups in total. The molecule has 0 aromatic carbocycles. The third-order valence-electron chi connectivity index (χ3n) is 3.35. The minimum absolute atomic E-state index is 0.234. The molecule has 0 bridgehead atoms. The minimum Gasteiger partial charge on any atom is -0.394 e. The summed E-state index contributed by atoms with van der Waals surface area (Å²) in [7, 11) is 0. The zero-order valence-electron chi connectivity index (χ0n) is 10.7. The lowest BCUT2D eigenvalue weighted by Gasteiger charge is -2.16. The first-order valence-corrected chi connectivity index (χ1v) is 6.12. The number of rotatable bonds is 2. The number of imidazole rings is 1. The highest BCUT2D eigenvalue weighted by Crippen LogP contribution is 2.31. The molecule has 9 nitrogen and oxygen atoms in total. The van der Waals surface area contributed by atoms with Crippen molar-refractivity contribution >= 4 is 17.0 Å². The maximum absolute atomic E-state index is 10.0. The van der Waals surface area contributed by atoms with Crippen LogP contribution >= 0.6 is 0 Å². The molecule has 2 aromatic rings. The summed E-state index contributed by atoms with van der Waals surface area (Å²) in [6, 6.07) is 0. The van der Waals surface area contributed by atoms with E-state index in [2.05, 4.69) is 15.0 Å². The van der Waals surface area contributed by atoms with Crippen LogP contribution in [-0.2, 0) is 4.74 Å². The Morgan fingerprint density at radius 1 is 1.35 bits per heavy atom. The van der Waals surface area contributed by atoms with Gasteiger partial charge >= 0.3 is 0 Å². The summed E-state index contributed by atoms with van der Waals surface area (Å²) in [5.74, 6) is 0.696. The van der Waals surface area contributed by atoms with Gasteiger partial charge in [0.15, 0.2) is 17.7 Å². The van der Waals surface area contributed by atoms with Gasteiger partial charge in [-0.15, -0.1) is 0 Å². The van der Waals surface area contributed by atoms with Gasteiger partial charge in [0, 0.05) is 0 Å². The number of aliphatic hydroxyl groups excluding tert-OH is 3. The van der Waals surface area contributed by atoms with E-state index in [0.717, 1.165) is 0 Å². The fraction of sp³-hybridized carbons (Fsp3) is 0.545. The number of hydrogen-bond acceptors (Lipinski definition) is 8. The van der Waals surface area contributed by atoms with E-state index < -0.39 is 31.1 Å². The van der Waals surface area contributed by atoms with Gasteiger partial charge in [-0.2, -0.15) is 0 Å². The van der Waals surface area contributed by atoms with Crippen LogP contribution < -0.4 is 5.73 Å². The number of hydrogen-bond donors (Lipinski definition) is 4. The first-order valence-electron chi connectivity index (χ1n) is 6.12. The standard InChI is InChI=1S/C11H15N5O4/c1-4-14-9(12)6-10(15-4)16(3-13-6)11-8(19)7(18)5(2-17)20-11/h3,5,7-8,11,17-19H,2H2,1H3,(H2,12,14,15). The molecule has 9 heteroatoms. The largest absolute Gasteiger partial charge is 0.394 e. The van der Waals surface area contributed by atoms with Gasteiger partial charge in [-0.1, -0.05) is 0 Å². The molecule has 1 fully saturated rings.